The van der Waals surface area contributed by atoms with Crippen LogP contribution in [-0.2, 0) is 0 Å². The number of hydrogen-bond donors (Lipinski definition) is 3. The number of fused-ring (bicyclic) bond motifs is 1. The van der Waals surface area contributed by atoms with Crippen LogP contribution >= 0.6 is 0 Å². The molecule has 25 heavy (non-hydrogen) atoms. The van der Waals surface area contributed by atoms with Gasteiger partial charge >= 0.3 is 5.97 Å². The van der Waals surface area contributed by atoms with Gasteiger partial charge in [-0.1, -0.05) is 24.3 Å². The molecule has 0 aromatic heterocycles. The summed E-state index contributed by atoms with van der Waals surface area (Å²) in [6.07, 6.45) is 0. The normalized spacial score (nSPS) is 10.6. The molecular weight excluding hydrogens is 324 g/mol. The summed E-state index contributed by atoms with van der Waals surface area (Å²) in [6.45, 7) is 0. The second-order valence-corrected chi connectivity index (χ2v) is 5.40. The van der Waals surface area contributed by atoms with Gasteiger partial charge in [-0.15, -0.1) is 0 Å². The molecule has 0 bridgehead atoms. The van der Waals surface area contributed by atoms with Gasteiger partial charge in [0.2, 0.25) is 0 Å². The van der Waals surface area contributed by atoms with Crippen molar-refractivity contribution in [3.8, 4) is 34.1 Å². The molecule has 0 radical (unpaired) electrons. The van der Waals surface area contributed by atoms with Crippen LogP contribution in [0.5, 0.6) is 23.0 Å². The maximum Gasteiger partial charge on any atom is 0.340 e. The quantitative estimate of drug-likeness (QED) is 0.671. The number of phenols is 2. The fraction of sp³-hybridized carbons (Fsp3) is 0.105. The van der Waals surface area contributed by atoms with Crippen molar-refractivity contribution < 1.29 is 29.6 Å². The second kappa shape index (κ2) is 6.24. The number of methoxy groups -OCH3 is 2. The number of phenolic OH excluding ortho intramolecular Hbond substituents is 1. The van der Waals surface area contributed by atoms with Crippen LogP contribution in [0.25, 0.3) is 21.9 Å². The molecule has 0 aliphatic carbocycles. The summed E-state index contributed by atoms with van der Waals surface area (Å²) in [4.78, 5) is 11.8. The van der Waals surface area contributed by atoms with Crippen molar-refractivity contribution in [1.82, 2.24) is 0 Å². The van der Waals surface area contributed by atoms with Crippen LogP contribution in [0, 0.1) is 0 Å². The average molecular weight is 340 g/mol. The number of aromatic hydroxyl groups is 2. The van der Waals surface area contributed by atoms with Gasteiger partial charge in [-0.25, -0.2) is 4.79 Å². The van der Waals surface area contributed by atoms with Gasteiger partial charge in [0.15, 0.2) is 23.0 Å². The van der Waals surface area contributed by atoms with Crippen LogP contribution in [0.3, 0.4) is 0 Å². The molecule has 0 aliphatic rings. The first-order valence-electron chi connectivity index (χ1n) is 7.41. The summed E-state index contributed by atoms with van der Waals surface area (Å²) < 4.78 is 10.2. The zero-order valence-electron chi connectivity index (χ0n) is 13.6. The maximum absolute atomic E-state index is 11.8. The number of hydrogen-bond acceptors (Lipinski definition) is 5. The zero-order valence-corrected chi connectivity index (χ0v) is 13.6. The average Bonchev–Trinajstić information content (AvgIpc) is 2.60. The molecule has 3 N–H and O–H groups in total. The molecule has 3 aromatic rings. The van der Waals surface area contributed by atoms with Crippen molar-refractivity contribution >= 4 is 16.7 Å². The Labute approximate surface area is 143 Å². The van der Waals surface area contributed by atoms with E-state index in [0.29, 0.717) is 21.9 Å². The molecule has 3 rings (SSSR count). The van der Waals surface area contributed by atoms with Crippen molar-refractivity contribution in [2.45, 2.75) is 0 Å². The summed E-state index contributed by atoms with van der Waals surface area (Å²) >= 11 is 0. The number of carboxylic acid groups (broad SMARTS) is 1. The lowest BCUT2D eigenvalue weighted by Gasteiger charge is -2.14. The Hall–Kier alpha value is -3.41. The van der Waals surface area contributed by atoms with Crippen molar-refractivity contribution in [3.05, 3.63) is 48.0 Å². The van der Waals surface area contributed by atoms with E-state index in [9.17, 15) is 20.1 Å². The largest absolute Gasteiger partial charge is 0.504 e. The lowest BCUT2D eigenvalue weighted by molar-refractivity contribution is 0.0695. The molecule has 0 aliphatic heterocycles. The fourth-order valence-corrected chi connectivity index (χ4v) is 2.87. The molecule has 6 heteroatoms. The van der Waals surface area contributed by atoms with E-state index in [1.807, 2.05) is 0 Å². The lowest BCUT2D eigenvalue weighted by atomic mass is 9.93. The number of ether oxygens (including phenoxy) is 2. The van der Waals surface area contributed by atoms with E-state index in [0.717, 1.165) is 0 Å². The molecule has 0 heterocycles. The monoisotopic (exact) mass is 340 g/mol. The number of aromatic carboxylic acids is 1. The number of carbonyl (C=O) groups is 1. The summed E-state index contributed by atoms with van der Waals surface area (Å²) in [6, 6.07) is 11.6. The Bertz CT molecular complexity index is 977. The predicted molar refractivity (Wildman–Crippen MR) is 92.8 cm³/mol. The summed E-state index contributed by atoms with van der Waals surface area (Å²) in [5.41, 5.74) is 0.996. The molecule has 3 aromatic carbocycles. The van der Waals surface area contributed by atoms with E-state index in [4.69, 9.17) is 9.47 Å². The van der Waals surface area contributed by atoms with Gasteiger partial charge in [0.05, 0.1) is 14.2 Å². The highest BCUT2D eigenvalue weighted by Gasteiger charge is 2.22. The Morgan fingerprint density at radius 1 is 0.960 bits per heavy atom. The standard InChI is InChI=1S/C19H16O6/c1-24-14-8-10(6-7-13(14)20)12-5-3-4-11-9-15(25-2)18(21)17(16(11)12)19(22)23/h3-9,20-21H,1-2H3,(H,22,23). The van der Waals surface area contributed by atoms with Gasteiger partial charge in [-0.2, -0.15) is 0 Å². The molecule has 0 saturated carbocycles. The number of rotatable bonds is 4. The molecule has 0 amide bonds. The minimum absolute atomic E-state index is 0.0190. The van der Waals surface area contributed by atoms with E-state index in [-0.39, 0.29) is 22.8 Å². The summed E-state index contributed by atoms with van der Waals surface area (Å²) in [5, 5.41) is 30.7. The number of carboxylic acids is 1. The number of benzene rings is 3. The van der Waals surface area contributed by atoms with Crippen LogP contribution in [0.15, 0.2) is 42.5 Å². The smallest absolute Gasteiger partial charge is 0.340 e. The van der Waals surface area contributed by atoms with Crippen molar-refractivity contribution in [3.63, 3.8) is 0 Å². The third kappa shape index (κ3) is 2.67. The van der Waals surface area contributed by atoms with E-state index >= 15 is 0 Å². The summed E-state index contributed by atoms with van der Waals surface area (Å²) in [7, 11) is 2.79. The van der Waals surface area contributed by atoms with Crippen LogP contribution in [0.1, 0.15) is 10.4 Å². The van der Waals surface area contributed by atoms with E-state index in [1.54, 1.807) is 36.4 Å². The van der Waals surface area contributed by atoms with Crippen molar-refractivity contribution in [1.29, 1.82) is 0 Å². The highest BCUT2D eigenvalue weighted by atomic mass is 16.5. The Morgan fingerprint density at radius 3 is 2.32 bits per heavy atom. The van der Waals surface area contributed by atoms with Gasteiger partial charge in [-0.05, 0) is 34.7 Å². The SMILES string of the molecule is COc1cc(-c2cccc3cc(OC)c(O)c(C(=O)O)c23)ccc1O. The predicted octanol–water partition coefficient (Wildman–Crippen LogP) is 3.63. The first-order valence-corrected chi connectivity index (χ1v) is 7.41. The first kappa shape index (κ1) is 16.4. The molecule has 0 atom stereocenters. The highest BCUT2D eigenvalue weighted by molar-refractivity contribution is 6.13. The Morgan fingerprint density at radius 2 is 1.68 bits per heavy atom. The van der Waals surface area contributed by atoms with E-state index in [2.05, 4.69) is 0 Å². The van der Waals surface area contributed by atoms with Gasteiger partial charge in [0.1, 0.15) is 5.56 Å². The highest BCUT2D eigenvalue weighted by Crippen LogP contribution is 2.42. The molecule has 0 spiro atoms. The van der Waals surface area contributed by atoms with E-state index < -0.39 is 11.7 Å². The van der Waals surface area contributed by atoms with Crippen molar-refractivity contribution in [2.24, 2.45) is 0 Å². The molecule has 6 nitrogen and oxygen atoms in total. The minimum atomic E-state index is -1.26. The van der Waals surface area contributed by atoms with Gasteiger partial charge in [-0.3, -0.25) is 0 Å². The Balaban J connectivity index is 2.41. The second-order valence-electron chi connectivity index (χ2n) is 5.40. The molecule has 0 fully saturated rings. The molecular formula is C19H16O6. The van der Waals surface area contributed by atoms with Gasteiger partial charge < -0.3 is 24.8 Å². The zero-order chi connectivity index (χ0) is 18.1. The minimum Gasteiger partial charge on any atom is -0.504 e. The molecule has 0 unspecified atom stereocenters. The Kier molecular flexibility index (Phi) is 4.10. The van der Waals surface area contributed by atoms with Crippen LogP contribution < -0.4 is 9.47 Å². The summed E-state index contributed by atoms with van der Waals surface area (Å²) in [5.74, 6) is -1.36. The fourth-order valence-electron chi connectivity index (χ4n) is 2.87. The van der Waals surface area contributed by atoms with Crippen LogP contribution in [-0.4, -0.2) is 35.5 Å². The third-order valence-corrected chi connectivity index (χ3v) is 4.03. The van der Waals surface area contributed by atoms with E-state index in [1.165, 1.54) is 20.3 Å². The van der Waals surface area contributed by atoms with Crippen LogP contribution in [0.4, 0.5) is 0 Å². The van der Waals surface area contributed by atoms with Crippen molar-refractivity contribution in [2.75, 3.05) is 14.2 Å². The topological polar surface area (TPSA) is 96.2 Å². The first-order chi connectivity index (χ1) is 12.0. The molecule has 128 valence electrons. The maximum atomic E-state index is 11.8. The van der Waals surface area contributed by atoms with Crippen LogP contribution in [0.2, 0.25) is 0 Å². The van der Waals surface area contributed by atoms with Gasteiger partial charge in [0.25, 0.3) is 0 Å². The molecule has 0 saturated heterocycles. The third-order valence-electron chi connectivity index (χ3n) is 4.03. The lowest BCUT2D eigenvalue weighted by Crippen LogP contribution is -2.01. The van der Waals surface area contributed by atoms with Gasteiger partial charge in [0, 0.05) is 5.39 Å².